The van der Waals surface area contributed by atoms with Crippen LogP contribution in [0.25, 0.3) is 0 Å². The highest BCUT2D eigenvalue weighted by Gasteiger charge is 2.28. The molecule has 0 saturated carbocycles. The van der Waals surface area contributed by atoms with Gasteiger partial charge in [-0.25, -0.2) is 13.4 Å². The molecule has 0 aliphatic carbocycles. The summed E-state index contributed by atoms with van der Waals surface area (Å²) in [6, 6.07) is 10.7. The van der Waals surface area contributed by atoms with E-state index in [0.29, 0.717) is 26.2 Å². The van der Waals surface area contributed by atoms with Gasteiger partial charge in [-0.3, -0.25) is 0 Å². The second-order valence-electron chi connectivity index (χ2n) is 5.41. The second kappa shape index (κ2) is 6.96. The van der Waals surface area contributed by atoms with Crippen LogP contribution in [-0.4, -0.2) is 51.0 Å². The average molecular weight is 368 g/mol. The van der Waals surface area contributed by atoms with Crippen molar-refractivity contribution < 1.29 is 13.2 Å². The number of rotatable bonds is 4. The Hall–Kier alpha value is -1.83. The molecule has 1 aromatic carbocycles. The van der Waals surface area contributed by atoms with Gasteiger partial charge in [0.25, 0.3) is 0 Å². The molecule has 1 fully saturated rings. The minimum atomic E-state index is -3.53. The molecule has 1 saturated heterocycles. The van der Waals surface area contributed by atoms with Crippen molar-refractivity contribution in [2.75, 3.05) is 38.2 Å². The number of pyridine rings is 1. The van der Waals surface area contributed by atoms with Crippen molar-refractivity contribution in [3.05, 3.63) is 47.7 Å². The number of sulfonamides is 1. The van der Waals surface area contributed by atoms with Gasteiger partial charge >= 0.3 is 0 Å². The molecular formula is C16H18ClN3O3S. The van der Waals surface area contributed by atoms with Gasteiger partial charge < -0.3 is 9.64 Å². The fourth-order valence-corrected chi connectivity index (χ4v) is 4.12. The molecule has 3 rings (SSSR count). The Balaban J connectivity index is 1.68. The van der Waals surface area contributed by atoms with Crippen molar-refractivity contribution in [3.63, 3.8) is 0 Å². The number of methoxy groups -OCH3 is 1. The molecule has 2 heterocycles. The molecule has 24 heavy (non-hydrogen) atoms. The number of hydrogen-bond donors (Lipinski definition) is 0. The maximum absolute atomic E-state index is 12.6. The fraction of sp³-hybridized carbons (Fsp3) is 0.312. The zero-order valence-electron chi connectivity index (χ0n) is 13.2. The zero-order valence-corrected chi connectivity index (χ0v) is 14.8. The summed E-state index contributed by atoms with van der Waals surface area (Å²) in [6.45, 7) is 2.12. The third-order valence-electron chi connectivity index (χ3n) is 4.01. The Kier molecular flexibility index (Phi) is 4.93. The summed E-state index contributed by atoms with van der Waals surface area (Å²) in [5, 5.41) is 0.276. The minimum absolute atomic E-state index is 0.171. The first-order valence-corrected chi connectivity index (χ1v) is 9.33. The predicted molar refractivity (Wildman–Crippen MR) is 93.2 cm³/mol. The molecule has 8 heteroatoms. The standard InChI is InChI=1S/C16H18ClN3O3S/c1-23-14-4-2-13(3-5-14)19-8-10-20(11-9-19)24(21,22)15-6-7-16(17)18-12-15/h2-7,12H,8-11H2,1H3. The second-order valence-corrected chi connectivity index (χ2v) is 7.73. The third-order valence-corrected chi connectivity index (χ3v) is 6.12. The van der Waals surface area contributed by atoms with Gasteiger partial charge in [-0.05, 0) is 36.4 Å². The molecule has 1 aromatic heterocycles. The Bertz CT molecular complexity index is 786. The Morgan fingerprint density at radius 2 is 1.71 bits per heavy atom. The number of aromatic nitrogens is 1. The number of anilines is 1. The summed E-state index contributed by atoms with van der Waals surface area (Å²) >= 11 is 5.72. The largest absolute Gasteiger partial charge is 0.497 e. The van der Waals surface area contributed by atoms with Gasteiger partial charge in [0.1, 0.15) is 15.8 Å². The van der Waals surface area contributed by atoms with Crippen LogP contribution >= 0.6 is 11.6 Å². The smallest absolute Gasteiger partial charge is 0.244 e. The highest BCUT2D eigenvalue weighted by atomic mass is 35.5. The van der Waals surface area contributed by atoms with Gasteiger partial charge in [-0.1, -0.05) is 11.6 Å². The van der Waals surface area contributed by atoms with E-state index < -0.39 is 10.0 Å². The molecule has 0 N–H and O–H groups in total. The van der Waals surface area contributed by atoms with Crippen molar-refractivity contribution in [1.82, 2.24) is 9.29 Å². The number of ether oxygens (including phenoxy) is 1. The lowest BCUT2D eigenvalue weighted by atomic mass is 10.2. The summed E-state index contributed by atoms with van der Waals surface area (Å²) in [7, 11) is -1.90. The number of benzene rings is 1. The first-order valence-electron chi connectivity index (χ1n) is 7.51. The van der Waals surface area contributed by atoms with Crippen molar-refractivity contribution in [1.29, 1.82) is 0 Å². The van der Waals surface area contributed by atoms with Gasteiger partial charge in [0, 0.05) is 38.1 Å². The van der Waals surface area contributed by atoms with Gasteiger partial charge in [0.15, 0.2) is 0 Å². The molecule has 2 aromatic rings. The molecule has 1 aliphatic heterocycles. The number of nitrogens with zero attached hydrogens (tertiary/aromatic N) is 3. The van der Waals surface area contributed by atoms with Gasteiger partial charge in [-0.15, -0.1) is 0 Å². The maximum Gasteiger partial charge on any atom is 0.244 e. The van der Waals surface area contributed by atoms with Crippen LogP contribution in [-0.2, 0) is 10.0 Å². The Morgan fingerprint density at radius 1 is 1.04 bits per heavy atom. The Morgan fingerprint density at radius 3 is 2.25 bits per heavy atom. The van der Waals surface area contributed by atoms with E-state index in [-0.39, 0.29) is 10.0 Å². The van der Waals surface area contributed by atoms with E-state index in [1.165, 1.54) is 22.6 Å². The van der Waals surface area contributed by atoms with Crippen LogP contribution < -0.4 is 9.64 Å². The summed E-state index contributed by atoms with van der Waals surface area (Å²) in [5.41, 5.74) is 1.06. The summed E-state index contributed by atoms with van der Waals surface area (Å²) in [4.78, 5) is 6.19. The topological polar surface area (TPSA) is 62.7 Å². The lowest BCUT2D eigenvalue weighted by Gasteiger charge is -2.35. The molecular weight excluding hydrogens is 350 g/mol. The van der Waals surface area contributed by atoms with Crippen LogP contribution in [0.4, 0.5) is 5.69 Å². The predicted octanol–water partition coefficient (Wildman–Crippen LogP) is 2.25. The van der Waals surface area contributed by atoms with Crippen molar-refractivity contribution in [2.45, 2.75) is 4.90 Å². The van der Waals surface area contributed by atoms with Crippen LogP contribution in [0.15, 0.2) is 47.5 Å². The first kappa shape index (κ1) is 17.0. The van der Waals surface area contributed by atoms with E-state index in [9.17, 15) is 8.42 Å². The average Bonchev–Trinajstić information content (AvgIpc) is 2.62. The van der Waals surface area contributed by atoms with Crippen LogP contribution in [0.1, 0.15) is 0 Å². The lowest BCUT2D eigenvalue weighted by Crippen LogP contribution is -2.48. The van der Waals surface area contributed by atoms with Crippen LogP contribution in [0.5, 0.6) is 5.75 Å². The number of hydrogen-bond acceptors (Lipinski definition) is 5. The van der Waals surface area contributed by atoms with Gasteiger partial charge in [-0.2, -0.15) is 4.31 Å². The maximum atomic E-state index is 12.6. The summed E-state index contributed by atoms with van der Waals surface area (Å²) in [6.07, 6.45) is 1.30. The molecule has 0 amide bonds. The monoisotopic (exact) mass is 367 g/mol. The Labute approximate surface area is 146 Å². The molecule has 6 nitrogen and oxygen atoms in total. The molecule has 0 bridgehead atoms. The van der Waals surface area contributed by atoms with E-state index >= 15 is 0 Å². The van der Waals surface area contributed by atoms with Gasteiger partial charge in [0.2, 0.25) is 10.0 Å². The lowest BCUT2D eigenvalue weighted by molar-refractivity contribution is 0.384. The van der Waals surface area contributed by atoms with E-state index in [1.807, 2.05) is 24.3 Å². The molecule has 0 atom stereocenters. The van der Waals surface area contributed by atoms with Crippen LogP contribution in [0, 0.1) is 0 Å². The van der Waals surface area contributed by atoms with Crippen LogP contribution in [0.2, 0.25) is 5.15 Å². The highest BCUT2D eigenvalue weighted by Crippen LogP contribution is 2.23. The van der Waals surface area contributed by atoms with Gasteiger partial charge in [0.05, 0.1) is 7.11 Å². The van der Waals surface area contributed by atoms with E-state index in [1.54, 1.807) is 7.11 Å². The number of halogens is 1. The summed E-state index contributed by atoms with van der Waals surface area (Å²) in [5.74, 6) is 0.801. The SMILES string of the molecule is COc1ccc(N2CCN(S(=O)(=O)c3ccc(Cl)nc3)CC2)cc1. The van der Waals surface area contributed by atoms with Crippen LogP contribution in [0.3, 0.4) is 0 Å². The molecule has 128 valence electrons. The van der Waals surface area contributed by atoms with E-state index in [2.05, 4.69) is 9.88 Å². The van der Waals surface area contributed by atoms with Crippen molar-refractivity contribution in [3.8, 4) is 5.75 Å². The molecule has 1 aliphatic rings. The minimum Gasteiger partial charge on any atom is -0.497 e. The molecule has 0 unspecified atom stereocenters. The quantitative estimate of drug-likeness (QED) is 0.775. The van der Waals surface area contributed by atoms with Crippen molar-refractivity contribution in [2.24, 2.45) is 0 Å². The molecule has 0 radical (unpaired) electrons. The molecule has 0 spiro atoms. The highest BCUT2D eigenvalue weighted by molar-refractivity contribution is 7.89. The van der Waals surface area contributed by atoms with E-state index in [0.717, 1.165) is 11.4 Å². The normalized spacial score (nSPS) is 16.2. The van der Waals surface area contributed by atoms with Crippen molar-refractivity contribution >= 4 is 27.3 Å². The third kappa shape index (κ3) is 3.48. The number of piperazine rings is 1. The van der Waals surface area contributed by atoms with E-state index in [4.69, 9.17) is 16.3 Å². The fourth-order valence-electron chi connectivity index (χ4n) is 2.64. The zero-order chi connectivity index (χ0) is 17.2. The first-order chi connectivity index (χ1) is 11.5. The summed E-state index contributed by atoms with van der Waals surface area (Å²) < 4.78 is 31.9.